The third kappa shape index (κ3) is 9.76. The second kappa shape index (κ2) is 20.8. The molecule has 0 aromatic heterocycles. The highest BCUT2D eigenvalue weighted by atomic mass is 16.6. The van der Waals surface area contributed by atoms with Crippen LogP contribution in [0, 0.1) is 16.7 Å². The van der Waals surface area contributed by atoms with Crippen LogP contribution in [0.15, 0.2) is 102 Å². The van der Waals surface area contributed by atoms with E-state index in [2.05, 4.69) is 5.32 Å². The zero-order valence-electron chi connectivity index (χ0n) is 41.4. The van der Waals surface area contributed by atoms with Gasteiger partial charge in [-0.05, 0) is 67.9 Å². The van der Waals surface area contributed by atoms with E-state index in [0.717, 1.165) is 13.8 Å². The number of carbonyl (C=O) groups excluding carboxylic acids is 7. The number of nitrogens with one attached hydrogen (secondary N) is 1. The minimum Gasteiger partial charge on any atom is -0.455 e. The van der Waals surface area contributed by atoms with Crippen molar-refractivity contribution < 1.29 is 72.2 Å². The van der Waals surface area contributed by atoms with Gasteiger partial charge in [-0.25, -0.2) is 9.59 Å². The van der Waals surface area contributed by atoms with Crippen molar-refractivity contribution >= 4 is 41.5 Å². The van der Waals surface area contributed by atoms with Gasteiger partial charge in [0.25, 0.3) is 5.91 Å². The van der Waals surface area contributed by atoms with Crippen molar-refractivity contribution in [3.63, 3.8) is 0 Å². The lowest BCUT2D eigenvalue weighted by Crippen LogP contribution is -2.82. The van der Waals surface area contributed by atoms with Crippen LogP contribution in [0.2, 0.25) is 0 Å². The standard InChI is InChI=1S/C54H64N2O15/c1-9-56(10-2)27-26-40(60)69-44(42(34-20-14-11-15-21-34)55-48(62)35-22-16-12-17-23-35)50(64)68-37-29-54(65)47(70-49(63)36-24-18-13-19-25-36)45-52(8,38(59)28-39-53(45,30-66-39)71-33(5)58)46(61)43(67-32(4)57)41(31(37)3)51(54,6)7/h11-25,37-39,42-45,47,59,65H,9-10,26-30H2,1-8H3,(H,55,62). The van der Waals surface area contributed by atoms with Crippen LogP contribution in [-0.2, 0) is 52.4 Å². The summed E-state index contributed by atoms with van der Waals surface area (Å²) >= 11 is 0. The van der Waals surface area contributed by atoms with Crippen molar-refractivity contribution in [1.82, 2.24) is 10.2 Å². The Hall–Kier alpha value is -6.27. The van der Waals surface area contributed by atoms with Crippen molar-refractivity contribution in [1.29, 1.82) is 0 Å². The number of ether oxygens (including phenoxy) is 6. The van der Waals surface area contributed by atoms with Gasteiger partial charge in [0.05, 0.1) is 36.0 Å². The molecule has 2 saturated carbocycles. The number of hydrogen-bond donors (Lipinski definition) is 3. The number of amides is 1. The SMILES string of the molecule is CCN(CC)CCC(=O)OC(C(=O)OC1CC2(O)C(OC(=O)c3ccccc3)C3C4(OC(C)=O)COC4CC(O)C3(C)C(=O)C(OC(C)=O)C(=C1C)C2(C)C)C(NC(=O)c1ccccc1)c1ccccc1. The van der Waals surface area contributed by atoms with Crippen molar-refractivity contribution in [2.45, 2.75) is 129 Å². The number of aliphatic hydroxyl groups excluding tert-OH is 1. The van der Waals surface area contributed by atoms with E-state index in [0.29, 0.717) is 25.2 Å². The van der Waals surface area contributed by atoms with Gasteiger partial charge in [0, 0.05) is 44.2 Å². The fraction of sp³-hybridized carbons (Fsp3) is 0.500. The number of benzene rings is 3. The fourth-order valence-electron chi connectivity index (χ4n) is 11.3. The number of carbonyl (C=O) groups is 7. The molecule has 11 atom stereocenters. The van der Waals surface area contributed by atoms with Crippen LogP contribution in [0.25, 0.3) is 0 Å². The summed E-state index contributed by atoms with van der Waals surface area (Å²) in [5.74, 6) is -7.65. The summed E-state index contributed by atoms with van der Waals surface area (Å²) in [6, 6.07) is 23.1. The van der Waals surface area contributed by atoms with Crippen LogP contribution in [0.1, 0.15) is 107 Å². The van der Waals surface area contributed by atoms with Gasteiger partial charge in [-0.1, -0.05) is 94.4 Å². The third-order valence-corrected chi connectivity index (χ3v) is 15.2. The number of Topliss-reactive ketones (excluding diaryl/α,β-unsaturated/α-hetero) is 1. The van der Waals surface area contributed by atoms with Gasteiger partial charge in [0.1, 0.15) is 30.0 Å². The van der Waals surface area contributed by atoms with Crippen LogP contribution >= 0.6 is 0 Å². The summed E-state index contributed by atoms with van der Waals surface area (Å²) in [6.45, 7) is 13.4. The molecule has 4 aliphatic rings. The molecule has 3 aliphatic carbocycles. The Morgan fingerprint density at radius 3 is 1.97 bits per heavy atom. The highest BCUT2D eigenvalue weighted by molar-refractivity contribution is 5.96. The molecule has 3 fully saturated rings. The minimum absolute atomic E-state index is 0.0184. The van der Waals surface area contributed by atoms with Gasteiger partial charge in [0.15, 0.2) is 17.5 Å². The van der Waals surface area contributed by atoms with E-state index in [1.807, 2.05) is 18.7 Å². The second-order valence-corrected chi connectivity index (χ2v) is 19.6. The Bertz CT molecular complexity index is 2530. The quantitative estimate of drug-likeness (QED) is 0.0972. The first-order chi connectivity index (χ1) is 33.6. The molecule has 3 aromatic carbocycles. The fourth-order valence-corrected chi connectivity index (χ4v) is 11.3. The summed E-state index contributed by atoms with van der Waals surface area (Å²) in [5, 5.41) is 29.0. The van der Waals surface area contributed by atoms with Crippen molar-refractivity contribution in [2.24, 2.45) is 16.7 Å². The molecule has 3 N–H and O–H groups in total. The maximum absolute atomic E-state index is 15.7. The highest BCUT2D eigenvalue weighted by Crippen LogP contribution is 2.64. The number of aliphatic hydroxyl groups is 2. The first kappa shape index (κ1) is 52.6. The molecule has 7 rings (SSSR count). The number of esters is 5. The van der Waals surface area contributed by atoms with E-state index in [1.54, 1.807) is 92.7 Å². The predicted octanol–water partition coefficient (Wildman–Crippen LogP) is 5.02. The van der Waals surface area contributed by atoms with E-state index in [4.69, 9.17) is 28.4 Å². The zero-order valence-corrected chi connectivity index (χ0v) is 41.4. The maximum Gasteiger partial charge on any atom is 0.350 e. The van der Waals surface area contributed by atoms with Gasteiger partial charge in [-0.15, -0.1) is 0 Å². The molecule has 1 amide bonds. The van der Waals surface area contributed by atoms with Gasteiger partial charge in [-0.2, -0.15) is 0 Å². The van der Waals surface area contributed by atoms with E-state index >= 15 is 9.59 Å². The topological polar surface area (TPSA) is 231 Å². The van der Waals surface area contributed by atoms with Crippen molar-refractivity contribution in [3.8, 4) is 0 Å². The summed E-state index contributed by atoms with van der Waals surface area (Å²) < 4.78 is 37.0. The molecule has 1 saturated heterocycles. The number of ketones is 1. The van der Waals surface area contributed by atoms with Crippen molar-refractivity contribution in [3.05, 3.63) is 119 Å². The average Bonchev–Trinajstić information content (AvgIpc) is 3.34. The van der Waals surface area contributed by atoms with E-state index in [-0.39, 0.29) is 41.7 Å². The van der Waals surface area contributed by atoms with Crippen molar-refractivity contribution in [2.75, 3.05) is 26.2 Å². The smallest absolute Gasteiger partial charge is 0.350 e. The number of fused-ring (bicyclic) bond motifs is 5. The molecule has 71 heavy (non-hydrogen) atoms. The summed E-state index contributed by atoms with van der Waals surface area (Å²) in [7, 11) is 0. The number of hydrogen-bond acceptors (Lipinski definition) is 16. The molecule has 1 aliphatic heterocycles. The summed E-state index contributed by atoms with van der Waals surface area (Å²) in [6.07, 6.45) is -10.7. The number of nitrogens with zero attached hydrogens (tertiary/aromatic N) is 1. The van der Waals surface area contributed by atoms with E-state index in [9.17, 15) is 34.2 Å². The first-order valence-corrected chi connectivity index (χ1v) is 24.1. The van der Waals surface area contributed by atoms with Crippen LogP contribution in [0.3, 0.4) is 0 Å². The van der Waals surface area contributed by atoms with Gasteiger partial charge in [-0.3, -0.25) is 24.0 Å². The van der Waals surface area contributed by atoms with Crippen LogP contribution in [-0.4, -0.2) is 131 Å². The minimum atomic E-state index is -2.44. The summed E-state index contributed by atoms with van der Waals surface area (Å²) in [4.78, 5) is 102. The molecule has 17 nitrogen and oxygen atoms in total. The monoisotopic (exact) mass is 980 g/mol. The van der Waals surface area contributed by atoms with Gasteiger partial charge >= 0.3 is 29.8 Å². The van der Waals surface area contributed by atoms with Crippen LogP contribution in [0.4, 0.5) is 0 Å². The van der Waals surface area contributed by atoms with Gasteiger partial charge < -0.3 is 48.9 Å². The molecule has 380 valence electrons. The normalized spacial score (nSPS) is 29.3. The largest absolute Gasteiger partial charge is 0.455 e. The molecule has 11 unspecified atom stereocenters. The molecule has 2 bridgehead atoms. The molecule has 17 heteroatoms. The van der Waals surface area contributed by atoms with Crippen LogP contribution in [0.5, 0.6) is 0 Å². The first-order valence-electron chi connectivity index (χ1n) is 24.1. The molecule has 1 heterocycles. The molecule has 0 spiro atoms. The molecular formula is C54H64N2O15. The van der Waals surface area contributed by atoms with E-state index in [1.165, 1.54) is 26.0 Å². The van der Waals surface area contributed by atoms with Gasteiger partial charge in [0.2, 0.25) is 6.10 Å². The lowest BCUT2D eigenvalue weighted by Gasteiger charge is -2.67. The Morgan fingerprint density at radius 1 is 0.831 bits per heavy atom. The third-order valence-electron chi connectivity index (χ3n) is 15.2. The van der Waals surface area contributed by atoms with E-state index < -0.39 is 119 Å². The van der Waals surface area contributed by atoms with Crippen LogP contribution < -0.4 is 5.32 Å². The Balaban J connectivity index is 1.41. The lowest BCUT2D eigenvalue weighted by atomic mass is 9.44. The Labute approximate surface area is 413 Å². The second-order valence-electron chi connectivity index (χ2n) is 19.6. The molecular weight excluding hydrogens is 917 g/mol. The highest BCUT2D eigenvalue weighted by Gasteiger charge is 2.78. The lowest BCUT2D eigenvalue weighted by molar-refractivity contribution is -0.346. The summed E-state index contributed by atoms with van der Waals surface area (Å²) in [5.41, 5.74) is -7.23. The zero-order chi connectivity index (χ0) is 51.6. The predicted molar refractivity (Wildman–Crippen MR) is 254 cm³/mol. The Morgan fingerprint density at radius 2 is 1.42 bits per heavy atom. The molecule has 0 radical (unpaired) electrons. The maximum atomic E-state index is 15.7. The average molecular weight is 981 g/mol. The molecule has 3 aromatic rings. The Kier molecular flexibility index (Phi) is 15.4. The number of rotatable bonds is 16.